The van der Waals surface area contributed by atoms with Crippen molar-refractivity contribution >= 4 is 41.0 Å². The van der Waals surface area contributed by atoms with Gasteiger partial charge in [-0.2, -0.15) is 0 Å². The van der Waals surface area contributed by atoms with Gasteiger partial charge in [-0.25, -0.2) is 9.97 Å². The number of carbonyl (C=O) groups is 2. The predicted molar refractivity (Wildman–Crippen MR) is 175 cm³/mol. The Morgan fingerprint density at radius 1 is 0.864 bits per heavy atom. The maximum atomic E-state index is 14.0. The van der Waals surface area contributed by atoms with Crippen LogP contribution in [0.5, 0.6) is 0 Å². The first-order valence-electron chi connectivity index (χ1n) is 15.0. The molecule has 1 N–H and O–H groups in total. The maximum absolute atomic E-state index is 14.0. The number of anilines is 1. The van der Waals surface area contributed by atoms with Gasteiger partial charge >= 0.3 is 5.97 Å². The normalized spacial score (nSPS) is 13.5. The van der Waals surface area contributed by atoms with Crippen LogP contribution in [-0.2, 0) is 24.1 Å². The Morgan fingerprint density at radius 2 is 1.50 bits per heavy atom. The largest absolute Gasteiger partial charge is 0.481 e. The summed E-state index contributed by atoms with van der Waals surface area (Å²) in [5.74, 6) is -0.121. The summed E-state index contributed by atoms with van der Waals surface area (Å²) in [5.41, 5.74) is 3.93. The number of carboxylic acid groups (broad SMARTS) is 1. The van der Waals surface area contributed by atoms with Crippen molar-refractivity contribution in [2.45, 2.75) is 38.5 Å². The van der Waals surface area contributed by atoms with Crippen molar-refractivity contribution in [3.05, 3.63) is 123 Å². The SMILES string of the molecule is O=C(O)CCN(CCc1ccccc1)C(=O)c1cnc(N2CCC(Cc3ccccc3)CC2)nc1Cc1c(Cl)cccc1Cl. The number of carbonyl (C=O) groups excluding carboxylic acids is 1. The Morgan fingerprint density at radius 3 is 2.14 bits per heavy atom. The van der Waals surface area contributed by atoms with Crippen LogP contribution in [0.15, 0.2) is 85.1 Å². The Bertz CT molecular complexity index is 1540. The molecule has 0 aliphatic carbocycles. The predicted octanol–water partition coefficient (Wildman–Crippen LogP) is 6.99. The van der Waals surface area contributed by atoms with Gasteiger partial charge in [-0.15, -0.1) is 0 Å². The number of halogens is 2. The highest BCUT2D eigenvalue weighted by Crippen LogP contribution is 2.29. The highest BCUT2D eigenvalue weighted by atomic mass is 35.5. The van der Waals surface area contributed by atoms with Crippen molar-refractivity contribution in [1.82, 2.24) is 14.9 Å². The van der Waals surface area contributed by atoms with Crippen molar-refractivity contribution in [3.63, 3.8) is 0 Å². The monoisotopic (exact) mass is 630 g/mol. The molecule has 9 heteroatoms. The second kappa shape index (κ2) is 15.2. The summed E-state index contributed by atoms with van der Waals surface area (Å²) in [7, 11) is 0. The smallest absolute Gasteiger partial charge is 0.305 e. The van der Waals surface area contributed by atoms with E-state index in [9.17, 15) is 14.7 Å². The lowest BCUT2D eigenvalue weighted by atomic mass is 9.90. The van der Waals surface area contributed by atoms with E-state index in [4.69, 9.17) is 28.2 Å². The lowest BCUT2D eigenvalue weighted by Gasteiger charge is -2.32. The van der Waals surface area contributed by atoms with Crippen LogP contribution in [0.1, 0.15) is 52.0 Å². The number of benzene rings is 3. The minimum Gasteiger partial charge on any atom is -0.481 e. The average Bonchev–Trinajstić information content (AvgIpc) is 3.04. The molecule has 7 nitrogen and oxygen atoms in total. The summed E-state index contributed by atoms with van der Waals surface area (Å²) in [6.07, 6.45) is 5.34. The fourth-order valence-electron chi connectivity index (χ4n) is 5.65. The highest BCUT2D eigenvalue weighted by Gasteiger charge is 2.26. The third kappa shape index (κ3) is 8.36. The van der Waals surface area contributed by atoms with E-state index in [1.54, 1.807) is 29.3 Å². The van der Waals surface area contributed by atoms with Crippen molar-refractivity contribution in [2.24, 2.45) is 5.92 Å². The van der Waals surface area contributed by atoms with Gasteiger partial charge in [0.2, 0.25) is 5.95 Å². The van der Waals surface area contributed by atoms with E-state index >= 15 is 0 Å². The van der Waals surface area contributed by atoms with Crippen molar-refractivity contribution in [3.8, 4) is 0 Å². The third-order valence-corrected chi connectivity index (χ3v) is 8.86. The zero-order valence-corrected chi connectivity index (χ0v) is 26.1. The van der Waals surface area contributed by atoms with Crippen LogP contribution in [0.2, 0.25) is 10.0 Å². The molecule has 0 atom stereocenters. The number of piperidine rings is 1. The molecule has 1 saturated heterocycles. The molecule has 2 heterocycles. The third-order valence-electron chi connectivity index (χ3n) is 8.15. The number of carboxylic acids is 1. The van der Waals surface area contributed by atoms with Gasteiger partial charge < -0.3 is 14.9 Å². The summed E-state index contributed by atoms with van der Waals surface area (Å²) in [5, 5.41) is 10.4. The molecular formula is C35H36Cl2N4O3. The lowest BCUT2D eigenvalue weighted by Crippen LogP contribution is -2.37. The van der Waals surface area contributed by atoms with E-state index < -0.39 is 5.97 Å². The lowest BCUT2D eigenvalue weighted by molar-refractivity contribution is -0.137. The number of hydrogen-bond donors (Lipinski definition) is 1. The van der Waals surface area contributed by atoms with Crippen LogP contribution >= 0.6 is 23.2 Å². The Kier molecular flexibility index (Phi) is 10.9. The Labute approximate surface area is 268 Å². The molecule has 228 valence electrons. The number of aromatic nitrogens is 2. The Hall–Kier alpha value is -3.94. The van der Waals surface area contributed by atoms with Crippen LogP contribution in [-0.4, -0.2) is 58.0 Å². The first-order chi connectivity index (χ1) is 21.4. The second-order valence-electron chi connectivity index (χ2n) is 11.2. The fraction of sp³-hybridized carbons (Fsp3) is 0.314. The number of amides is 1. The van der Waals surface area contributed by atoms with Crippen molar-refractivity contribution in [1.29, 1.82) is 0 Å². The molecule has 1 aliphatic heterocycles. The molecule has 0 saturated carbocycles. The molecule has 3 aromatic carbocycles. The van der Waals surface area contributed by atoms with Gasteiger partial charge in [-0.3, -0.25) is 9.59 Å². The molecule has 44 heavy (non-hydrogen) atoms. The quantitative estimate of drug-likeness (QED) is 0.181. The zero-order chi connectivity index (χ0) is 30.9. The van der Waals surface area contributed by atoms with Gasteiger partial charge in [-0.05, 0) is 60.4 Å². The molecule has 0 bridgehead atoms. The molecule has 0 unspecified atom stereocenters. The average molecular weight is 632 g/mol. The molecule has 1 fully saturated rings. The topological polar surface area (TPSA) is 86.6 Å². The van der Waals surface area contributed by atoms with Gasteiger partial charge in [0.1, 0.15) is 0 Å². The van der Waals surface area contributed by atoms with E-state index in [2.05, 4.69) is 34.1 Å². The van der Waals surface area contributed by atoms with E-state index in [0.717, 1.165) is 37.9 Å². The van der Waals surface area contributed by atoms with Gasteiger partial charge in [0.15, 0.2) is 0 Å². The number of nitrogens with zero attached hydrogens (tertiary/aromatic N) is 4. The molecule has 1 amide bonds. The van der Waals surface area contributed by atoms with Gasteiger partial charge in [0.05, 0.1) is 17.7 Å². The summed E-state index contributed by atoms with van der Waals surface area (Å²) in [6.45, 7) is 2.07. The molecule has 0 radical (unpaired) electrons. The molecule has 4 aromatic rings. The van der Waals surface area contributed by atoms with E-state index in [0.29, 0.717) is 51.7 Å². The van der Waals surface area contributed by atoms with Crippen molar-refractivity contribution in [2.75, 3.05) is 31.1 Å². The minimum absolute atomic E-state index is 0.0734. The van der Waals surface area contributed by atoms with Crippen LogP contribution in [0.3, 0.4) is 0 Å². The highest BCUT2D eigenvalue weighted by molar-refractivity contribution is 6.36. The van der Waals surface area contributed by atoms with E-state index in [-0.39, 0.29) is 25.3 Å². The molecule has 1 aromatic heterocycles. The Balaban J connectivity index is 1.40. The van der Waals surface area contributed by atoms with Gasteiger partial charge in [0, 0.05) is 48.8 Å². The summed E-state index contributed by atoms with van der Waals surface area (Å²) < 4.78 is 0. The van der Waals surface area contributed by atoms with Crippen molar-refractivity contribution < 1.29 is 14.7 Å². The molecule has 0 spiro atoms. The standard InChI is InChI=1S/C35H36Cl2N4O3/c36-30-12-7-13-31(37)28(30)23-32-29(34(44)40(21-17-33(42)43)18-14-25-8-3-1-4-9-25)24-38-35(39-32)41-19-15-27(16-20-41)22-26-10-5-2-6-11-26/h1-13,24,27H,14-23H2,(H,42,43). The van der Waals surface area contributed by atoms with Crippen LogP contribution in [0.4, 0.5) is 5.95 Å². The zero-order valence-electron chi connectivity index (χ0n) is 24.5. The molecule has 1 aliphatic rings. The van der Waals surface area contributed by atoms with E-state index in [1.165, 1.54) is 5.56 Å². The number of hydrogen-bond acceptors (Lipinski definition) is 5. The summed E-state index contributed by atoms with van der Waals surface area (Å²) in [6, 6.07) is 25.7. The second-order valence-corrected chi connectivity index (χ2v) is 12.0. The number of aliphatic carboxylic acids is 1. The van der Waals surface area contributed by atoms with E-state index in [1.807, 2.05) is 36.4 Å². The van der Waals surface area contributed by atoms with Crippen LogP contribution in [0.25, 0.3) is 0 Å². The van der Waals surface area contributed by atoms with Gasteiger partial charge in [0.25, 0.3) is 5.91 Å². The number of rotatable bonds is 12. The first-order valence-corrected chi connectivity index (χ1v) is 15.8. The summed E-state index contributed by atoms with van der Waals surface area (Å²) >= 11 is 13.1. The first kappa shape index (κ1) is 31.5. The fourth-order valence-corrected chi connectivity index (χ4v) is 6.18. The van der Waals surface area contributed by atoms with Crippen LogP contribution < -0.4 is 4.90 Å². The van der Waals surface area contributed by atoms with Crippen LogP contribution in [0, 0.1) is 5.92 Å². The van der Waals surface area contributed by atoms with Gasteiger partial charge in [-0.1, -0.05) is 89.9 Å². The maximum Gasteiger partial charge on any atom is 0.305 e. The molecular weight excluding hydrogens is 595 g/mol. The minimum atomic E-state index is -0.965. The molecule has 5 rings (SSSR count). The summed E-state index contributed by atoms with van der Waals surface area (Å²) in [4.78, 5) is 38.8.